The Balaban J connectivity index is 2.21. The van der Waals surface area contributed by atoms with E-state index >= 15 is 0 Å². The van der Waals surface area contributed by atoms with Crippen LogP contribution in [-0.4, -0.2) is 12.5 Å². The number of carbonyl (C=O) groups excluding carboxylic acids is 1. The molecule has 1 aromatic carbocycles. The maximum absolute atomic E-state index is 11.8. The van der Waals surface area contributed by atoms with E-state index in [2.05, 4.69) is 35.1 Å². The number of halogens is 1. The minimum Gasteiger partial charge on any atom is -0.451 e. The van der Waals surface area contributed by atoms with Crippen LogP contribution >= 0.6 is 15.9 Å². The highest BCUT2D eigenvalue weighted by Gasteiger charge is 2.12. The second-order valence-electron chi connectivity index (χ2n) is 4.40. The second-order valence-corrected chi connectivity index (χ2v) is 5.31. The van der Waals surface area contributed by atoms with Crippen LogP contribution in [0.15, 0.2) is 33.2 Å². The Hall–Kier alpha value is -1.29. The van der Waals surface area contributed by atoms with Crippen molar-refractivity contribution in [3.05, 3.63) is 34.5 Å². The van der Waals surface area contributed by atoms with Crippen molar-refractivity contribution in [2.45, 2.75) is 13.8 Å². The summed E-state index contributed by atoms with van der Waals surface area (Å²) in [6, 6.07) is 7.46. The fraction of sp³-hybridized carbons (Fsp3) is 0.308. The van der Waals surface area contributed by atoms with Crippen LogP contribution in [0.3, 0.4) is 0 Å². The minimum atomic E-state index is -0.161. The van der Waals surface area contributed by atoms with Gasteiger partial charge in [-0.2, -0.15) is 0 Å². The van der Waals surface area contributed by atoms with Gasteiger partial charge in [0.2, 0.25) is 0 Å². The van der Waals surface area contributed by atoms with E-state index in [0.29, 0.717) is 23.8 Å². The standard InChI is InChI=1S/C13H14BrNO2/c1-8(2)7-15-13(16)12-5-9-3-4-10(14)6-11(9)17-12/h3-6,8H,7H2,1-2H3,(H,15,16). The molecule has 1 amide bonds. The smallest absolute Gasteiger partial charge is 0.287 e. The summed E-state index contributed by atoms with van der Waals surface area (Å²) in [6.45, 7) is 4.76. The van der Waals surface area contributed by atoms with Crippen molar-refractivity contribution in [3.8, 4) is 0 Å². The number of amides is 1. The molecule has 0 unspecified atom stereocenters. The zero-order chi connectivity index (χ0) is 12.4. The number of nitrogens with one attached hydrogen (secondary N) is 1. The fourth-order valence-electron chi connectivity index (χ4n) is 1.50. The SMILES string of the molecule is CC(C)CNC(=O)c1cc2ccc(Br)cc2o1. The zero-order valence-corrected chi connectivity index (χ0v) is 11.4. The molecule has 0 saturated carbocycles. The monoisotopic (exact) mass is 295 g/mol. The third-order valence-corrected chi connectivity index (χ3v) is 2.87. The van der Waals surface area contributed by atoms with E-state index in [1.165, 1.54) is 0 Å². The summed E-state index contributed by atoms with van der Waals surface area (Å²) in [6.07, 6.45) is 0. The predicted molar refractivity (Wildman–Crippen MR) is 71.1 cm³/mol. The van der Waals surface area contributed by atoms with Gasteiger partial charge < -0.3 is 9.73 Å². The van der Waals surface area contributed by atoms with Gasteiger partial charge in [0.15, 0.2) is 5.76 Å². The number of hydrogen-bond donors (Lipinski definition) is 1. The molecule has 17 heavy (non-hydrogen) atoms. The summed E-state index contributed by atoms with van der Waals surface area (Å²) < 4.78 is 6.44. The van der Waals surface area contributed by atoms with Gasteiger partial charge >= 0.3 is 0 Å². The van der Waals surface area contributed by atoms with Crippen LogP contribution in [0.2, 0.25) is 0 Å². The lowest BCUT2D eigenvalue weighted by Gasteiger charge is -2.04. The van der Waals surface area contributed by atoms with Gasteiger partial charge in [0.25, 0.3) is 5.91 Å². The van der Waals surface area contributed by atoms with E-state index in [9.17, 15) is 4.79 Å². The first-order chi connectivity index (χ1) is 8.06. The molecule has 1 N–H and O–H groups in total. The summed E-state index contributed by atoms with van der Waals surface area (Å²) >= 11 is 3.37. The van der Waals surface area contributed by atoms with Crippen molar-refractivity contribution in [2.75, 3.05) is 6.54 Å². The first kappa shape index (κ1) is 12.2. The highest BCUT2D eigenvalue weighted by molar-refractivity contribution is 9.10. The quantitative estimate of drug-likeness (QED) is 0.940. The fourth-order valence-corrected chi connectivity index (χ4v) is 1.84. The largest absolute Gasteiger partial charge is 0.451 e. The van der Waals surface area contributed by atoms with E-state index in [-0.39, 0.29) is 5.91 Å². The highest BCUT2D eigenvalue weighted by Crippen LogP contribution is 2.23. The van der Waals surface area contributed by atoms with Gasteiger partial charge in [-0.25, -0.2) is 0 Å². The predicted octanol–water partition coefficient (Wildman–Crippen LogP) is 3.58. The summed E-state index contributed by atoms with van der Waals surface area (Å²) in [5.74, 6) is 0.627. The number of furan rings is 1. The molecule has 0 radical (unpaired) electrons. The van der Waals surface area contributed by atoms with Gasteiger partial charge in [-0.15, -0.1) is 0 Å². The van der Waals surface area contributed by atoms with Gasteiger partial charge in [-0.3, -0.25) is 4.79 Å². The van der Waals surface area contributed by atoms with Gasteiger partial charge in [0.05, 0.1) is 0 Å². The van der Waals surface area contributed by atoms with Crippen molar-refractivity contribution < 1.29 is 9.21 Å². The molecule has 1 heterocycles. The maximum Gasteiger partial charge on any atom is 0.287 e. The number of benzene rings is 1. The molecule has 90 valence electrons. The Kier molecular flexibility index (Phi) is 3.52. The summed E-state index contributed by atoms with van der Waals surface area (Å²) in [5, 5.41) is 3.76. The molecule has 0 spiro atoms. The molecular weight excluding hydrogens is 282 g/mol. The van der Waals surface area contributed by atoms with Gasteiger partial charge in [-0.1, -0.05) is 29.8 Å². The second kappa shape index (κ2) is 4.92. The van der Waals surface area contributed by atoms with Gasteiger partial charge in [-0.05, 0) is 30.2 Å². The molecule has 0 fully saturated rings. The maximum atomic E-state index is 11.8. The average molecular weight is 296 g/mol. The van der Waals surface area contributed by atoms with Crippen LogP contribution < -0.4 is 5.32 Å². The lowest BCUT2D eigenvalue weighted by atomic mass is 10.2. The van der Waals surface area contributed by atoms with Crippen molar-refractivity contribution in [2.24, 2.45) is 5.92 Å². The third kappa shape index (κ3) is 2.88. The molecule has 0 aliphatic rings. The van der Waals surface area contributed by atoms with E-state index in [0.717, 1.165) is 9.86 Å². The number of fused-ring (bicyclic) bond motifs is 1. The molecule has 1 aromatic heterocycles. The first-order valence-corrected chi connectivity index (χ1v) is 6.33. The molecule has 2 aromatic rings. The molecule has 0 aliphatic carbocycles. The number of hydrogen-bond acceptors (Lipinski definition) is 2. The number of rotatable bonds is 3. The Morgan fingerprint density at radius 3 is 2.88 bits per heavy atom. The molecule has 4 heteroatoms. The normalized spacial score (nSPS) is 11.1. The van der Waals surface area contributed by atoms with Crippen LogP contribution in [0, 0.1) is 5.92 Å². The molecule has 0 saturated heterocycles. The average Bonchev–Trinajstić information content (AvgIpc) is 2.68. The van der Waals surface area contributed by atoms with Gasteiger partial charge in [0, 0.05) is 16.4 Å². The summed E-state index contributed by atoms with van der Waals surface area (Å²) in [7, 11) is 0. The molecular formula is C13H14BrNO2. The van der Waals surface area contributed by atoms with Crippen LogP contribution in [0.5, 0.6) is 0 Å². The van der Waals surface area contributed by atoms with Crippen LogP contribution in [0.4, 0.5) is 0 Å². The highest BCUT2D eigenvalue weighted by atomic mass is 79.9. The van der Waals surface area contributed by atoms with Crippen LogP contribution in [0.25, 0.3) is 11.0 Å². The zero-order valence-electron chi connectivity index (χ0n) is 9.79. The number of carbonyl (C=O) groups is 1. The van der Waals surface area contributed by atoms with Gasteiger partial charge in [0.1, 0.15) is 5.58 Å². The molecule has 3 nitrogen and oxygen atoms in total. The Labute approximate surface area is 108 Å². The van der Waals surface area contributed by atoms with Crippen molar-refractivity contribution in [1.29, 1.82) is 0 Å². The lowest BCUT2D eigenvalue weighted by molar-refractivity contribution is 0.0923. The summed E-state index contributed by atoms with van der Waals surface area (Å²) in [5.41, 5.74) is 0.717. The Morgan fingerprint density at radius 2 is 2.18 bits per heavy atom. The topological polar surface area (TPSA) is 42.2 Å². The molecule has 0 atom stereocenters. The van der Waals surface area contributed by atoms with Crippen molar-refractivity contribution in [3.63, 3.8) is 0 Å². The molecule has 0 bridgehead atoms. The molecule has 0 aliphatic heterocycles. The Bertz CT molecular complexity index is 545. The van der Waals surface area contributed by atoms with Crippen LogP contribution in [-0.2, 0) is 0 Å². The van der Waals surface area contributed by atoms with E-state index in [1.807, 2.05) is 18.2 Å². The van der Waals surface area contributed by atoms with Crippen LogP contribution in [0.1, 0.15) is 24.4 Å². The lowest BCUT2D eigenvalue weighted by Crippen LogP contribution is -2.26. The van der Waals surface area contributed by atoms with E-state index < -0.39 is 0 Å². The van der Waals surface area contributed by atoms with E-state index in [1.54, 1.807) is 6.07 Å². The summed E-state index contributed by atoms with van der Waals surface area (Å²) in [4.78, 5) is 11.8. The van der Waals surface area contributed by atoms with Crippen molar-refractivity contribution >= 4 is 32.8 Å². The minimum absolute atomic E-state index is 0.161. The Morgan fingerprint density at radius 1 is 1.41 bits per heavy atom. The third-order valence-electron chi connectivity index (χ3n) is 2.38. The van der Waals surface area contributed by atoms with E-state index in [4.69, 9.17) is 4.42 Å². The first-order valence-electron chi connectivity index (χ1n) is 5.53. The van der Waals surface area contributed by atoms with Crippen molar-refractivity contribution in [1.82, 2.24) is 5.32 Å². The molecule has 2 rings (SSSR count).